The molecule has 0 aromatic rings. The highest BCUT2D eigenvalue weighted by Gasteiger charge is 1.53. The van der Waals surface area contributed by atoms with Crippen molar-refractivity contribution in [3.05, 3.63) is 0 Å². The van der Waals surface area contributed by atoms with Crippen LogP contribution in [0.3, 0.4) is 0 Å². The second-order valence-electron chi connectivity index (χ2n) is 0.548. The summed E-state index contributed by atoms with van der Waals surface area (Å²) in [5.74, 6) is 0. The maximum Gasteiger partial charge on any atom is 0.276 e. The lowest BCUT2D eigenvalue weighted by Crippen LogP contribution is -1.97. The lowest BCUT2D eigenvalue weighted by Gasteiger charge is -1.75. The van der Waals surface area contributed by atoms with Gasteiger partial charge < -0.3 is 19.6 Å². The van der Waals surface area contributed by atoms with Gasteiger partial charge in [-0.05, 0) is 0 Å². The fraction of sp³-hybridized carbons (Fsp3) is 1.00. The first-order valence-electron chi connectivity index (χ1n) is 1.63. The molecule has 10 heteroatoms. The van der Waals surface area contributed by atoms with Crippen molar-refractivity contribution in [1.29, 1.82) is 0 Å². The Morgan fingerprint density at radius 1 is 0.909 bits per heavy atom. The smallest absolute Gasteiger partial charge is 0.276 e. The van der Waals surface area contributed by atoms with Crippen LogP contribution >= 0.6 is 39.7 Å². The molecule has 0 atom stereocenters. The molecule has 0 radical (unpaired) electrons. The van der Waals surface area contributed by atoms with Crippen LogP contribution in [0.2, 0.25) is 0 Å². The van der Waals surface area contributed by atoms with E-state index < -0.39 is 16.5 Å². The van der Waals surface area contributed by atoms with Gasteiger partial charge in [0.15, 0.2) is 0 Å². The Kier molecular flexibility index (Phi) is 27.1. The third-order valence-corrected chi connectivity index (χ3v) is 0. The highest BCUT2D eigenvalue weighted by atomic mass is 35.5. The average Bonchev–Trinajstić information content (AvgIpc) is 1.60. The maximum absolute atomic E-state index is 8.48. The fourth-order valence-electron chi connectivity index (χ4n) is 0. The molecule has 0 aromatic heterocycles. The average molecular weight is 243 g/mol. The summed E-state index contributed by atoms with van der Waals surface area (Å²) in [7, 11) is -6.74. The van der Waals surface area contributed by atoms with Crippen molar-refractivity contribution in [2.75, 3.05) is 5.34 Å². The van der Waals surface area contributed by atoms with Crippen LogP contribution in [0.4, 0.5) is 0 Å². The van der Waals surface area contributed by atoms with E-state index in [0.717, 1.165) is 0 Å². The van der Waals surface area contributed by atoms with Gasteiger partial charge in [-0.2, -0.15) is 0 Å². The lowest BCUT2D eigenvalue weighted by molar-refractivity contribution is -0.298. The molecule has 0 aliphatic heterocycles. The molecule has 0 rings (SSSR count). The van der Waals surface area contributed by atoms with E-state index in [-0.39, 0.29) is 5.34 Å². The van der Waals surface area contributed by atoms with Gasteiger partial charge in [-0.15, -0.1) is 23.2 Å². The SMILES string of the molecule is ClCCl.O=[P+]([O-])[O-].O=[P+]([O-])[O-]. The Balaban J connectivity index is -0.0000000886. The van der Waals surface area contributed by atoms with Crippen molar-refractivity contribution in [3.63, 3.8) is 0 Å². The Morgan fingerprint density at radius 2 is 0.909 bits per heavy atom. The largest absolute Gasteiger partial charge is 0.598 e. The maximum atomic E-state index is 8.48. The number of alkyl halides is 2. The summed E-state index contributed by atoms with van der Waals surface area (Å²) in [5.41, 5.74) is 0. The third-order valence-electron chi connectivity index (χ3n) is 0. The summed E-state index contributed by atoms with van der Waals surface area (Å²) in [4.78, 5) is 33.9. The van der Waals surface area contributed by atoms with Gasteiger partial charge in [0.05, 0.1) is 5.34 Å². The summed E-state index contributed by atoms with van der Waals surface area (Å²) in [6, 6.07) is 0. The van der Waals surface area contributed by atoms with Gasteiger partial charge >= 0.3 is 0 Å². The minimum atomic E-state index is -3.37. The van der Waals surface area contributed by atoms with E-state index in [0.29, 0.717) is 0 Å². The van der Waals surface area contributed by atoms with Gasteiger partial charge in [-0.3, -0.25) is 0 Å². The molecule has 6 nitrogen and oxygen atoms in total. The summed E-state index contributed by atoms with van der Waals surface area (Å²) < 4.78 is 17.0. The molecule has 0 heterocycles. The van der Waals surface area contributed by atoms with Gasteiger partial charge in [0.2, 0.25) is 0 Å². The molecule has 11 heavy (non-hydrogen) atoms. The van der Waals surface area contributed by atoms with Gasteiger partial charge in [0.1, 0.15) is 0 Å². The van der Waals surface area contributed by atoms with Crippen LogP contribution in [-0.4, -0.2) is 5.34 Å². The van der Waals surface area contributed by atoms with E-state index in [1.165, 1.54) is 0 Å². The van der Waals surface area contributed by atoms with E-state index >= 15 is 0 Å². The lowest BCUT2D eigenvalue weighted by atomic mass is 11.9. The van der Waals surface area contributed by atoms with E-state index in [1.807, 2.05) is 0 Å². The zero-order chi connectivity index (χ0) is 9.86. The summed E-state index contributed by atoms with van der Waals surface area (Å²) in [6.07, 6.45) is 0. The molecular weight excluding hydrogens is 241 g/mol. The van der Waals surface area contributed by atoms with Crippen molar-refractivity contribution in [2.24, 2.45) is 0 Å². The van der Waals surface area contributed by atoms with Crippen LogP contribution in [0, 0.1) is 0 Å². The van der Waals surface area contributed by atoms with Gasteiger partial charge in [0.25, 0.3) is 16.5 Å². The van der Waals surface area contributed by atoms with Crippen LogP contribution < -0.4 is 19.6 Å². The molecule has 0 amide bonds. The zero-order valence-electron chi connectivity index (χ0n) is 4.81. The molecule has 0 saturated carbocycles. The highest BCUT2D eigenvalue weighted by molar-refractivity contribution is 7.27. The van der Waals surface area contributed by atoms with E-state index in [4.69, 9.17) is 51.9 Å². The Labute approximate surface area is 74.3 Å². The Morgan fingerprint density at radius 3 is 0.909 bits per heavy atom. The number of hydrogen-bond donors (Lipinski definition) is 0. The monoisotopic (exact) mass is 242 g/mol. The second-order valence-corrected chi connectivity index (χ2v) is 2.25. The molecule has 0 bridgehead atoms. The number of halogens is 2. The molecule has 0 saturated heterocycles. The predicted octanol–water partition coefficient (Wildman–Crippen LogP) is -1.85. The van der Waals surface area contributed by atoms with Crippen molar-refractivity contribution < 1.29 is 28.7 Å². The van der Waals surface area contributed by atoms with Crippen molar-refractivity contribution >= 4 is 39.7 Å². The quantitative estimate of drug-likeness (QED) is 0.363. The van der Waals surface area contributed by atoms with Crippen LogP contribution in [0.5, 0.6) is 0 Å². The van der Waals surface area contributed by atoms with Gasteiger partial charge in [-0.1, -0.05) is 9.13 Å². The predicted molar refractivity (Wildman–Crippen MR) is 31.8 cm³/mol. The van der Waals surface area contributed by atoms with Crippen LogP contribution in [0.25, 0.3) is 0 Å². The molecule has 0 N–H and O–H groups in total. The molecule has 0 spiro atoms. The zero-order valence-corrected chi connectivity index (χ0v) is 8.11. The van der Waals surface area contributed by atoms with Crippen LogP contribution in [0.1, 0.15) is 0 Å². The Hall–Kier alpha value is 0.620. The molecule has 0 unspecified atom stereocenters. The van der Waals surface area contributed by atoms with E-state index in [1.54, 1.807) is 0 Å². The number of rotatable bonds is 0. The molecule has 0 fully saturated rings. The minimum Gasteiger partial charge on any atom is -0.598 e. The molecule has 0 aromatic carbocycles. The first-order valence-corrected chi connectivity index (χ1v) is 4.89. The number of hydrogen-bond acceptors (Lipinski definition) is 6. The van der Waals surface area contributed by atoms with Gasteiger partial charge in [-0.25, -0.2) is 0 Å². The second kappa shape index (κ2) is 16.9. The Bertz CT molecular complexity index is 86.8. The molecular formula is CH2Cl2O6P2-2. The standard InChI is InChI=1S/CH2Cl2.2HO3P/c2-1-3;2*1-4(2)3/h1H2;2*(H,1,2,3)/p-2. The van der Waals surface area contributed by atoms with Crippen LogP contribution in [-0.2, 0) is 9.13 Å². The van der Waals surface area contributed by atoms with E-state index in [2.05, 4.69) is 0 Å². The molecule has 0 aliphatic rings. The topological polar surface area (TPSA) is 126 Å². The first kappa shape index (κ1) is 17.6. The first-order chi connectivity index (χ1) is 4.88. The normalized spacial score (nSPS) is 6.36. The summed E-state index contributed by atoms with van der Waals surface area (Å²) >= 11 is 9.53. The highest BCUT2D eigenvalue weighted by Crippen LogP contribution is 1.80. The summed E-state index contributed by atoms with van der Waals surface area (Å²) in [6.45, 7) is 0. The third kappa shape index (κ3) is 2050. The molecule has 68 valence electrons. The fourth-order valence-corrected chi connectivity index (χ4v) is 0. The molecule has 0 aliphatic carbocycles. The van der Waals surface area contributed by atoms with E-state index in [9.17, 15) is 0 Å². The van der Waals surface area contributed by atoms with Crippen molar-refractivity contribution in [3.8, 4) is 0 Å². The van der Waals surface area contributed by atoms with Gasteiger partial charge in [0, 0.05) is 0 Å². The van der Waals surface area contributed by atoms with Crippen molar-refractivity contribution in [1.82, 2.24) is 0 Å². The minimum absolute atomic E-state index is 0.194. The van der Waals surface area contributed by atoms with Crippen LogP contribution in [0.15, 0.2) is 0 Å². The summed E-state index contributed by atoms with van der Waals surface area (Å²) in [5, 5.41) is 0.194. The van der Waals surface area contributed by atoms with Crippen molar-refractivity contribution in [2.45, 2.75) is 0 Å².